The molecule has 3 aromatic rings. The number of hydrogen-bond acceptors (Lipinski definition) is 3. The first-order valence-corrected chi connectivity index (χ1v) is 9.40. The lowest BCUT2D eigenvalue weighted by Crippen LogP contribution is -2.37. The minimum Gasteiger partial charge on any atom is -0.369 e. The summed E-state index contributed by atoms with van der Waals surface area (Å²) in [7, 11) is 0. The molecule has 156 valence electrons. The van der Waals surface area contributed by atoms with Gasteiger partial charge in [0.05, 0.1) is 28.6 Å². The van der Waals surface area contributed by atoms with Crippen molar-refractivity contribution in [3.63, 3.8) is 0 Å². The second kappa shape index (κ2) is 8.86. The van der Waals surface area contributed by atoms with Gasteiger partial charge in [0, 0.05) is 6.54 Å². The Labute approximate surface area is 172 Å². The number of nitrogens with zero attached hydrogens (tertiary/aromatic N) is 2. The lowest BCUT2D eigenvalue weighted by molar-refractivity contribution is -0.121. The van der Waals surface area contributed by atoms with Gasteiger partial charge in [-0.15, -0.1) is 0 Å². The molecule has 1 aromatic heterocycles. The van der Waals surface area contributed by atoms with Crippen molar-refractivity contribution in [2.45, 2.75) is 20.3 Å². The molecule has 0 saturated carbocycles. The minimum atomic E-state index is -0.646. The predicted molar refractivity (Wildman–Crippen MR) is 108 cm³/mol. The van der Waals surface area contributed by atoms with Crippen LogP contribution in [0.4, 0.5) is 8.78 Å². The van der Waals surface area contributed by atoms with E-state index in [4.69, 9.17) is 5.73 Å². The molecule has 2 aromatic carbocycles. The summed E-state index contributed by atoms with van der Waals surface area (Å²) in [4.78, 5) is 24.6. The van der Waals surface area contributed by atoms with Crippen LogP contribution in [0.5, 0.6) is 0 Å². The maximum Gasteiger partial charge on any atom is 0.255 e. The molecule has 0 spiro atoms. The molecule has 3 N–H and O–H groups in total. The first kappa shape index (κ1) is 21.2. The Morgan fingerprint density at radius 2 is 1.60 bits per heavy atom. The van der Waals surface area contributed by atoms with Gasteiger partial charge >= 0.3 is 0 Å². The van der Waals surface area contributed by atoms with Crippen LogP contribution in [-0.4, -0.2) is 28.1 Å². The van der Waals surface area contributed by atoms with Gasteiger partial charge in [0.15, 0.2) is 0 Å². The number of amides is 2. The normalized spacial score (nSPS) is 11.9. The van der Waals surface area contributed by atoms with Crippen molar-refractivity contribution in [1.82, 2.24) is 15.1 Å². The number of aromatic nitrogens is 2. The maximum atomic E-state index is 13.2. The van der Waals surface area contributed by atoms with Crippen LogP contribution >= 0.6 is 0 Å². The average Bonchev–Trinajstić information content (AvgIpc) is 3.01. The fourth-order valence-electron chi connectivity index (χ4n) is 3.29. The third-order valence-electron chi connectivity index (χ3n) is 4.90. The predicted octanol–water partition coefficient (Wildman–Crippen LogP) is 2.84. The van der Waals surface area contributed by atoms with Gasteiger partial charge in [-0.25, -0.2) is 13.5 Å². The fraction of sp³-hybridized carbons (Fsp3) is 0.227. The third kappa shape index (κ3) is 4.71. The van der Waals surface area contributed by atoms with E-state index in [1.165, 1.54) is 24.3 Å². The molecule has 1 atom stereocenters. The molecule has 1 heterocycles. The Morgan fingerprint density at radius 3 is 2.17 bits per heavy atom. The first-order chi connectivity index (χ1) is 14.3. The van der Waals surface area contributed by atoms with Crippen LogP contribution in [0.3, 0.4) is 0 Å². The second-order valence-electron chi connectivity index (χ2n) is 7.07. The summed E-state index contributed by atoms with van der Waals surface area (Å²) in [6.45, 7) is 3.47. The summed E-state index contributed by atoms with van der Waals surface area (Å²) < 4.78 is 27.8. The van der Waals surface area contributed by atoms with Crippen molar-refractivity contribution < 1.29 is 18.4 Å². The van der Waals surface area contributed by atoms with Crippen LogP contribution < -0.4 is 11.1 Å². The van der Waals surface area contributed by atoms with Crippen molar-refractivity contribution >= 4 is 11.8 Å². The van der Waals surface area contributed by atoms with Gasteiger partial charge < -0.3 is 11.1 Å². The van der Waals surface area contributed by atoms with Gasteiger partial charge in [0.2, 0.25) is 5.91 Å². The van der Waals surface area contributed by atoms with E-state index in [2.05, 4.69) is 10.4 Å². The molecule has 2 amide bonds. The van der Waals surface area contributed by atoms with E-state index >= 15 is 0 Å². The van der Waals surface area contributed by atoms with Crippen molar-refractivity contribution in [1.29, 1.82) is 0 Å². The third-order valence-corrected chi connectivity index (χ3v) is 4.90. The smallest absolute Gasteiger partial charge is 0.255 e. The van der Waals surface area contributed by atoms with Crippen LogP contribution in [0.25, 0.3) is 5.69 Å². The van der Waals surface area contributed by atoms with E-state index in [9.17, 15) is 18.4 Å². The molecule has 0 fully saturated rings. The van der Waals surface area contributed by atoms with Crippen molar-refractivity contribution in [2.75, 3.05) is 6.54 Å². The SMILES string of the molecule is Cc1nn(-c2ccc(F)cc2)c(C)c1C(=O)NCC(Cc1ccc(F)cc1)C(N)=O. The van der Waals surface area contributed by atoms with E-state index < -0.39 is 11.8 Å². The number of halogens is 2. The molecular formula is C22H22F2N4O2. The standard InChI is InChI=1S/C22H22F2N4O2/c1-13-20(14(2)28(27-13)19-9-7-18(24)8-10-19)22(30)26-12-16(21(25)29)11-15-3-5-17(23)6-4-15/h3-10,16H,11-12H2,1-2H3,(H2,25,29)(H,26,30). The van der Waals surface area contributed by atoms with Crippen LogP contribution in [0.15, 0.2) is 48.5 Å². The van der Waals surface area contributed by atoms with Crippen LogP contribution in [-0.2, 0) is 11.2 Å². The molecule has 0 bridgehead atoms. The Kier molecular flexibility index (Phi) is 6.25. The molecule has 8 heteroatoms. The fourth-order valence-corrected chi connectivity index (χ4v) is 3.29. The van der Waals surface area contributed by atoms with Crippen LogP contribution in [0.1, 0.15) is 27.3 Å². The lowest BCUT2D eigenvalue weighted by Gasteiger charge is -2.15. The minimum absolute atomic E-state index is 0.0339. The Balaban J connectivity index is 1.74. The van der Waals surface area contributed by atoms with Gasteiger partial charge in [0.1, 0.15) is 11.6 Å². The van der Waals surface area contributed by atoms with Gasteiger partial charge in [-0.05, 0) is 62.2 Å². The van der Waals surface area contributed by atoms with Gasteiger partial charge in [0.25, 0.3) is 5.91 Å². The summed E-state index contributed by atoms with van der Waals surface area (Å²) in [5.41, 5.74) is 8.32. The summed E-state index contributed by atoms with van der Waals surface area (Å²) in [6.07, 6.45) is 0.280. The highest BCUT2D eigenvalue weighted by atomic mass is 19.1. The highest BCUT2D eigenvalue weighted by Crippen LogP contribution is 2.18. The molecule has 0 saturated heterocycles. The van der Waals surface area contributed by atoms with Gasteiger partial charge in [-0.2, -0.15) is 5.10 Å². The Bertz CT molecular complexity index is 1060. The zero-order valence-electron chi connectivity index (χ0n) is 16.7. The molecule has 0 aliphatic heterocycles. The highest BCUT2D eigenvalue weighted by molar-refractivity contribution is 5.96. The second-order valence-corrected chi connectivity index (χ2v) is 7.07. The number of carbonyl (C=O) groups excluding carboxylic acids is 2. The van der Waals surface area contributed by atoms with Crippen LogP contribution in [0, 0.1) is 31.4 Å². The molecule has 6 nitrogen and oxygen atoms in total. The Hall–Kier alpha value is -3.55. The van der Waals surface area contributed by atoms with Crippen molar-refractivity contribution in [3.8, 4) is 5.69 Å². The maximum absolute atomic E-state index is 13.2. The summed E-state index contributed by atoms with van der Waals surface area (Å²) in [5.74, 6) is -2.32. The van der Waals surface area contributed by atoms with Crippen LogP contribution in [0.2, 0.25) is 0 Å². The van der Waals surface area contributed by atoms with E-state index in [1.54, 1.807) is 42.8 Å². The highest BCUT2D eigenvalue weighted by Gasteiger charge is 2.22. The largest absolute Gasteiger partial charge is 0.369 e. The topological polar surface area (TPSA) is 90.0 Å². The van der Waals surface area contributed by atoms with E-state index in [1.807, 2.05) is 0 Å². The average molecular weight is 412 g/mol. The number of rotatable bonds is 7. The number of hydrogen-bond donors (Lipinski definition) is 2. The number of nitrogens with two attached hydrogens (primary N) is 1. The molecule has 0 aliphatic rings. The van der Waals surface area contributed by atoms with E-state index in [-0.39, 0.29) is 30.5 Å². The zero-order chi connectivity index (χ0) is 21.8. The van der Waals surface area contributed by atoms with Crippen molar-refractivity contribution in [3.05, 3.63) is 82.7 Å². The summed E-state index contributed by atoms with van der Waals surface area (Å²) in [6, 6.07) is 11.6. The molecule has 1 unspecified atom stereocenters. The molecular weight excluding hydrogens is 390 g/mol. The molecule has 3 rings (SSSR count). The Morgan fingerprint density at radius 1 is 1.03 bits per heavy atom. The van der Waals surface area contributed by atoms with E-state index in [0.29, 0.717) is 22.6 Å². The quantitative estimate of drug-likeness (QED) is 0.625. The zero-order valence-corrected chi connectivity index (χ0v) is 16.7. The van der Waals surface area contributed by atoms with Crippen molar-refractivity contribution in [2.24, 2.45) is 11.7 Å². The molecule has 30 heavy (non-hydrogen) atoms. The lowest BCUT2D eigenvalue weighted by atomic mass is 9.98. The van der Waals surface area contributed by atoms with E-state index in [0.717, 1.165) is 5.56 Å². The molecule has 0 radical (unpaired) electrons. The number of nitrogens with one attached hydrogen (secondary N) is 1. The van der Waals surface area contributed by atoms with Gasteiger partial charge in [-0.3, -0.25) is 9.59 Å². The monoisotopic (exact) mass is 412 g/mol. The molecule has 0 aliphatic carbocycles. The summed E-state index contributed by atoms with van der Waals surface area (Å²) >= 11 is 0. The number of carbonyl (C=O) groups is 2. The number of aryl methyl sites for hydroxylation is 1. The summed E-state index contributed by atoms with van der Waals surface area (Å²) in [5, 5.41) is 7.12. The number of primary amides is 1. The van der Waals surface area contributed by atoms with Gasteiger partial charge in [-0.1, -0.05) is 12.1 Å². The number of benzene rings is 2. The first-order valence-electron chi connectivity index (χ1n) is 9.40.